The lowest BCUT2D eigenvalue weighted by atomic mass is 10.1. The zero-order chi connectivity index (χ0) is 21.5. The Morgan fingerprint density at radius 2 is 1.80 bits per heavy atom. The van der Waals surface area contributed by atoms with Gasteiger partial charge in [0.15, 0.2) is 5.82 Å². The predicted octanol–water partition coefficient (Wildman–Crippen LogP) is 3.43. The van der Waals surface area contributed by atoms with E-state index in [2.05, 4.69) is 10.4 Å². The number of benzene rings is 2. The highest BCUT2D eigenvalue weighted by Crippen LogP contribution is 2.21. The lowest BCUT2D eigenvalue weighted by Gasteiger charge is -2.18. The maximum absolute atomic E-state index is 12.8. The first kappa shape index (κ1) is 21.3. The molecule has 0 aliphatic carbocycles. The molecule has 0 unspecified atom stereocenters. The second kappa shape index (κ2) is 9.84. The third-order valence-corrected chi connectivity index (χ3v) is 4.64. The Morgan fingerprint density at radius 3 is 2.50 bits per heavy atom. The molecule has 7 heteroatoms. The number of hydrogen-bond donors (Lipinski definition) is 1. The van der Waals surface area contributed by atoms with E-state index < -0.39 is 5.97 Å². The van der Waals surface area contributed by atoms with Crippen LogP contribution < -0.4 is 5.32 Å². The first-order valence-electron chi connectivity index (χ1n) is 9.83. The highest BCUT2D eigenvalue weighted by molar-refractivity contribution is 6.01. The number of amides is 1. The smallest absolute Gasteiger partial charge is 0.343 e. The summed E-state index contributed by atoms with van der Waals surface area (Å²) in [6.45, 7) is 4.83. The quantitative estimate of drug-likeness (QED) is 0.580. The topological polar surface area (TPSA) is 76.5 Å². The number of para-hydroxylation sites is 1. The summed E-state index contributed by atoms with van der Waals surface area (Å²) in [5, 5.41) is 7.14. The number of ether oxygens (including phenoxy) is 1. The maximum atomic E-state index is 12.8. The van der Waals surface area contributed by atoms with E-state index in [1.807, 2.05) is 73.5 Å². The van der Waals surface area contributed by atoms with Crippen LogP contribution in [0.25, 0.3) is 5.69 Å². The second-order valence-electron chi connectivity index (χ2n) is 7.02. The Labute approximate surface area is 176 Å². The largest absolute Gasteiger partial charge is 0.462 e. The van der Waals surface area contributed by atoms with Gasteiger partial charge in [-0.3, -0.25) is 9.69 Å². The van der Waals surface area contributed by atoms with Crippen LogP contribution in [0.1, 0.15) is 28.4 Å². The molecule has 0 spiro atoms. The van der Waals surface area contributed by atoms with Gasteiger partial charge in [0.25, 0.3) is 0 Å². The van der Waals surface area contributed by atoms with Gasteiger partial charge in [0, 0.05) is 6.54 Å². The summed E-state index contributed by atoms with van der Waals surface area (Å²) in [5.41, 5.74) is 3.29. The average Bonchev–Trinajstić information content (AvgIpc) is 3.14. The van der Waals surface area contributed by atoms with Gasteiger partial charge in [-0.25, -0.2) is 9.48 Å². The van der Waals surface area contributed by atoms with Crippen LogP contribution in [-0.2, 0) is 16.1 Å². The lowest BCUT2D eigenvalue weighted by molar-refractivity contribution is -0.117. The number of rotatable bonds is 8. The molecule has 0 bridgehead atoms. The molecule has 0 saturated heterocycles. The van der Waals surface area contributed by atoms with E-state index >= 15 is 0 Å². The molecule has 156 valence electrons. The Kier molecular flexibility index (Phi) is 6.98. The number of carbonyl (C=O) groups excluding carboxylic acids is 2. The van der Waals surface area contributed by atoms with Crippen LogP contribution in [0.4, 0.5) is 5.82 Å². The van der Waals surface area contributed by atoms with E-state index in [1.54, 1.807) is 6.92 Å². The fraction of sp³-hybridized carbons (Fsp3) is 0.261. The van der Waals surface area contributed by atoms with Crippen LogP contribution in [0, 0.1) is 6.92 Å². The molecular formula is C23H26N4O3. The molecule has 0 aliphatic heterocycles. The van der Waals surface area contributed by atoms with Crippen LogP contribution in [0.2, 0.25) is 0 Å². The highest BCUT2D eigenvalue weighted by atomic mass is 16.5. The molecule has 3 aromatic rings. The Bertz CT molecular complexity index is 1010. The van der Waals surface area contributed by atoms with Gasteiger partial charge in [-0.1, -0.05) is 42.5 Å². The van der Waals surface area contributed by atoms with Crippen LogP contribution in [0.15, 0.2) is 60.8 Å². The van der Waals surface area contributed by atoms with Crippen molar-refractivity contribution >= 4 is 17.7 Å². The number of aromatic nitrogens is 2. The van der Waals surface area contributed by atoms with Crippen molar-refractivity contribution in [1.29, 1.82) is 0 Å². The van der Waals surface area contributed by atoms with Crippen LogP contribution >= 0.6 is 0 Å². The SMILES string of the molecule is CCOC(=O)c1cnn(-c2ccccc2)c1NC(=O)CN(C)Cc1ccccc1C. The molecule has 0 aliphatic rings. The normalized spacial score (nSPS) is 10.8. The number of hydrogen-bond acceptors (Lipinski definition) is 5. The monoisotopic (exact) mass is 406 g/mol. The number of esters is 1. The van der Waals surface area contributed by atoms with Gasteiger partial charge in [-0.05, 0) is 44.2 Å². The Hall–Kier alpha value is -3.45. The minimum Gasteiger partial charge on any atom is -0.462 e. The van der Waals surface area contributed by atoms with Crippen molar-refractivity contribution in [2.24, 2.45) is 0 Å². The summed E-state index contributed by atoms with van der Waals surface area (Å²) < 4.78 is 6.65. The molecule has 1 aromatic heterocycles. The molecule has 0 atom stereocenters. The van der Waals surface area contributed by atoms with Crippen molar-refractivity contribution in [3.05, 3.63) is 77.5 Å². The second-order valence-corrected chi connectivity index (χ2v) is 7.02. The first-order valence-corrected chi connectivity index (χ1v) is 9.83. The number of carbonyl (C=O) groups is 2. The fourth-order valence-corrected chi connectivity index (χ4v) is 3.14. The van der Waals surface area contributed by atoms with E-state index in [1.165, 1.54) is 16.4 Å². The van der Waals surface area contributed by atoms with Gasteiger partial charge in [-0.15, -0.1) is 0 Å². The van der Waals surface area contributed by atoms with Crippen molar-refractivity contribution in [3.63, 3.8) is 0 Å². The molecule has 1 heterocycles. The molecule has 2 aromatic carbocycles. The van der Waals surface area contributed by atoms with E-state index in [0.717, 1.165) is 11.3 Å². The van der Waals surface area contributed by atoms with Gasteiger partial charge < -0.3 is 10.1 Å². The molecule has 30 heavy (non-hydrogen) atoms. The summed E-state index contributed by atoms with van der Waals surface area (Å²) in [6.07, 6.45) is 1.41. The summed E-state index contributed by atoms with van der Waals surface area (Å²) in [6, 6.07) is 17.4. The number of anilines is 1. The molecule has 1 N–H and O–H groups in total. The van der Waals surface area contributed by atoms with Crippen molar-refractivity contribution in [3.8, 4) is 5.69 Å². The van der Waals surface area contributed by atoms with Crippen molar-refractivity contribution in [2.75, 3.05) is 25.5 Å². The van der Waals surface area contributed by atoms with Crippen molar-refractivity contribution in [2.45, 2.75) is 20.4 Å². The van der Waals surface area contributed by atoms with E-state index in [9.17, 15) is 9.59 Å². The van der Waals surface area contributed by atoms with Gasteiger partial charge in [0.05, 0.1) is 25.0 Å². The van der Waals surface area contributed by atoms with E-state index in [4.69, 9.17) is 4.74 Å². The van der Waals surface area contributed by atoms with Gasteiger partial charge in [0.2, 0.25) is 5.91 Å². The molecule has 0 radical (unpaired) electrons. The number of aryl methyl sites for hydroxylation is 1. The third-order valence-electron chi connectivity index (χ3n) is 4.64. The molecule has 0 fully saturated rings. The summed E-state index contributed by atoms with van der Waals surface area (Å²) in [7, 11) is 1.88. The van der Waals surface area contributed by atoms with Crippen LogP contribution in [-0.4, -0.2) is 46.8 Å². The summed E-state index contributed by atoms with van der Waals surface area (Å²) in [5.74, 6) is -0.466. The zero-order valence-corrected chi connectivity index (χ0v) is 17.5. The van der Waals surface area contributed by atoms with Gasteiger partial charge in [-0.2, -0.15) is 5.10 Å². The number of likely N-dealkylation sites (N-methyl/N-ethyl adjacent to an activating group) is 1. The predicted molar refractivity (Wildman–Crippen MR) is 116 cm³/mol. The van der Waals surface area contributed by atoms with E-state index in [0.29, 0.717) is 12.4 Å². The maximum Gasteiger partial charge on any atom is 0.343 e. The van der Waals surface area contributed by atoms with Crippen LogP contribution in [0.3, 0.4) is 0 Å². The van der Waals surface area contributed by atoms with Gasteiger partial charge in [0.1, 0.15) is 5.56 Å². The Morgan fingerprint density at radius 1 is 1.10 bits per heavy atom. The fourth-order valence-electron chi connectivity index (χ4n) is 3.14. The van der Waals surface area contributed by atoms with E-state index in [-0.39, 0.29) is 24.6 Å². The number of nitrogens with one attached hydrogen (secondary N) is 1. The lowest BCUT2D eigenvalue weighted by Crippen LogP contribution is -2.31. The molecule has 3 rings (SSSR count). The minimum absolute atomic E-state index is 0.163. The minimum atomic E-state index is -0.525. The number of nitrogens with zero attached hydrogens (tertiary/aromatic N) is 3. The third kappa shape index (κ3) is 5.12. The van der Waals surface area contributed by atoms with Crippen molar-refractivity contribution < 1.29 is 14.3 Å². The summed E-state index contributed by atoms with van der Waals surface area (Å²) in [4.78, 5) is 27.0. The first-order chi connectivity index (χ1) is 14.5. The molecule has 7 nitrogen and oxygen atoms in total. The zero-order valence-electron chi connectivity index (χ0n) is 17.5. The molecule has 0 saturated carbocycles. The molecular weight excluding hydrogens is 380 g/mol. The summed E-state index contributed by atoms with van der Waals surface area (Å²) >= 11 is 0. The van der Waals surface area contributed by atoms with Crippen LogP contribution in [0.5, 0.6) is 0 Å². The standard InChI is InChI=1S/C23H26N4O3/c1-4-30-23(29)20-14-24-27(19-12-6-5-7-13-19)22(20)25-21(28)16-26(3)15-18-11-9-8-10-17(18)2/h5-14H,4,15-16H2,1-3H3,(H,25,28). The van der Waals surface area contributed by atoms with Gasteiger partial charge >= 0.3 is 5.97 Å². The molecule has 1 amide bonds. The Balaban J connectivity index is 1.78. The van der Waals surface area contributed by atoms with Crippen molar-refractivity contribution in [1.82, 2.24) is 14.7 Å². The average molecular weight is 406 g/mol. The highest BCUT2D eigenvalue weighted by Gasteiger charge is 2.22.